The second kappa shape index (κ2) is 5.22. The number of nitrogens with zero attached hydrogens (tertiary/aromatic N) is 1. The van der Waals surface area contributed by atoms with Gasteiger partial charge in [-0.05, 0) is 12.8 Å². The summed E-state index contributed by atoms with van der Waals surface area (Å²) in [5.74, 6) is 0. The first-order valence-corrected chi connectivity index (χ1v) is 8.22. The van der Waals surface area contributed by atoms with E-state index in [4.69, 9.17) is 10.5 Å². The van der Waals surface area contributed by atoms with Gasteiger partial charge in [0.15, 0.2) is 9.84 Å². The summed E-state index contributed by atoms with van der Waals surface area (Å²) in [6.07, 6.45) is 4.21. The lowest BCUT2D eigenvalue weighted by molar-refractivity contribution is -0.0369. The Hall–Kier alpha value is -0.170. The SMILES string of the molecule is CS(=O)(=O)C1CCCC1N1CCOC(CN)C1. The predicted octanol–water partition coefficient (Wildman–Crippen LogP) is -0.388. The molecular formula is C11H22N2O3S. The van der Waals surface area contributed by atoms with Gasteiger partial charge < -0.3 is 10.5 Å². The minimum absolute atomic E-state index is 0.0598. The summed E-state index contributed by atoms with van der Waals surface area (Å²) in [7, 11) is -2.94. The Morgan fingerprint density at radius 2 is 2.18 bits per heavy atom. The lowest BCUT2D eigenvalue weighted by atomic mass is 10.1. The molecule has 1 aliphatic carbocycles. The van der Waals surface area contributed by atoms with Gasteiger partial charge in [0.05, 0.1) is 18.0 Å². The number of rotatable bonds is 3. The van der Waals surface area contributed by atoms with Crippen molar-refractivity contribution >= 4 is 9.84 Å². The smallest absolute Gasteiger partial charge is 0.151 e. The number of morpholine rings is 1. The normalized spacial score (nSPS) is 36.2. The molecule has 2 aliphatic rings. The highest BCUT2D eigenvalue weighted by atomic mass is 32.2. The molecule has 0 radical (unpaired) electrons. The molecule has 0 aromatic carbocycles. The van der Waals surface area contributed by atoms with Crippen molar-refractivity contribution in [3.05, 3.63) is 0 Å². The van der Waals surface area contributed by atoms with Crippen molar-refractivity contribution in [2.45, 2.75) is 36.7 Å². The monoisotopic (exact) mass is 262 g/mol. The zero-order chi connectivity index (χ0) is 12.5. The molecule has 2 fully saturated rings. The van der Waals surface area contributed by atoms with Crippen molar-refractivity contribution in [1.29, 1.82) is 0 Å². The van der Waals surface area contributed by atoms with Crippen LogP contribution in [-0.4, -0.2) is 63.2 Å². The van der Waals surface area contributed by atoms with E-state index in [-0.39, 0.29) is 17.4 Å². The van der Waals surface area contributed by atoms with Gasteiger partial charge in [0, 0.05) is 31.9 Å². The average Bonchev–Trinajstić information content (AvgIpc) is 2.77. The zero-order valence-electron chi connectivity index (χ0n) is 10.3. The van der Waals surface area contributed by atoms with Crippen LogP contribution in [0.2, 0.25) is 0 Å². The van der Waals surface area contributed by atoms with Crippen LogP contribution in [0.4, 0.5) is 0 Å². The van der Waals surface area contributed by atoms with Crippen LogP contribution in [-0.2, 0) is 14.6 Å². The Bertz CT molecular complexity index is 358. The minimum Gasteiger partial charge on any atom is -0.374 e. The third-order valence-electron chi connectivity index (χ3n) is 3.87. The standard InChI is InChI=1S/C11H22N2O3S/c1-17(14,15)11-4-2-3-10(11)13-5-6-16-9(7-12)8-13/h9-11H,2-8,12H2,1H3. The van der Waals surface area contributed by atoms with Crippen molar-refractivity contribution in [2.24, 2.45) is 5.73 Å². The Labute approximate surface area is 103 Å². The molecule has 0 aromatic heterocycles. The molecule has 6 heteroatoms. The minimum atomic E-state index is -2.94. The fourth-order valence-electron chi connectivity index (χ4n) is 3.01. The van der Waals surface area contributed by atoms with E-state index in [2.05, 4.69) is 4.90 Å². The van der Waals surface area contributed by atoms with E-state index in [0.29, 0.717) is 13.2 Å². The van der Waals surface area contributed by atoms with E-state index in [1.165, 1.54) is 6.26 Å². The molecule has 100 valence electrons. The number of nitrogens with two attached hydrogens (primary N) is 1. The molecule has 0 bridgehead atoms. The molecule has 1 saturated carbocycles. The first-order chi connectivity index (χ1) is 8.02. The van der Waals surface area contributed by atoms with E-state index in [1.54, 1.807) is 0 Å². The molecule has 1 saturated heterocycles. The summed E-state index contributed by atoms with van der Waals surface area (Å²) in [6.45, 7) is 2.77. The molecule has 2 rings (SSSR count). The molecule has 3 atom stereocenters. The van der Waals surface area contributed by atoms with Gasteiger partial charge in [-0.25, -0.2) is 8.42 Å². The second-order valence-corrected chi connectivity index (χ2v) is 7.35. The van der Waals surface area contributed by atoms with Gasteiger partial charge in [-0.1, -0.05) is 6.42 Å². The van der Waals surface area contributed by atoms with E-state index in [9.17, 15) is 8.42 Å². The third-order valence-corrected chi connectivity index (χ3v) is 5.52. The molecule has 17 heavy (non-hydrogen) atoms. The van der Waals surface area contributed by atoms with Gasteiger partial charge in [-0.3, -0.25) is 4.90 Å². The number of hydrogen-bond acceptors (Lipinski definition) is 5. The van der Waals surface area contributed by atoms with Crippen LogP contribution in [0.3, 0.4) is 0 Å². The molecule has 2 N–H and O–H groups in total. The number of sulfone groups is 1. The summed E-state index contributed by atoms with van der Waals surface area (Å²) in [5.41, 5.74) is 5.61. The van der Waals surface area contributed by atoms with E-state index < -0.39 is 9.84 Å². The average molecular weight is 262 g/mol. The molecule has 0 aromatic rings. The van der Waals surface area contributed by atoms with E-state index >= 15 is 0 Å². The molecule has 1 aliphatic heterocycles. The van der Waals surface area contributed by atoms with E-state index in [1.807, 2.05) is 0 Å². The lowest BCUT2D eigenvalue weighted by Crippen LogP contribution is -2.53. The van der Waals surface area contributed by atoms with Gasteiger partial charge in [-0.15, -0.1) is 0 Å². The van der Waals surface area contributed by atoms with Crippen molar-refractivity contribution in [3.63, 3.8) is 0 Å². The van der Waals surface area contributed by atoms with Gasteiger partial charge in [-0.2, -0.15) is 0 Å². The van der Waals surface area contributed by atoms with Crippen molar-refractivity contribution < 1.29 is 13.2 Å². The highest BCUT2D eigenvalue weighted by molar-refractivity contribution is 7.91. The Morgan fingerprint density at radius 1 is 1.41 bits per heavy atom. The van der Waals surface area contributed by atoms with Crippen LogP contribution in [0.25, 0.3) is 0 Å². The van der Waals surface area contributed by atoms with E-state index in [0.717, 1.165) is 32.4 Å². The van der Waals surface area contributed by atoms with Crippen molar-refractivity contribution in [3.8, 4) is 0 Å². The second-order valence-electron chi connectivity index (χ2n) is 5.09. The van der Waals surface area contributed by atoms with Crippen molar-refractivity contribution in [1.82, 2.24) is 4.90 Å². The summed E-state index contributed by atoms with van der Waals surface area (Å²) in [4.78, 5) is 2.26. The first kappa shape index (κ1) is 13.3. The largest absolute Gasteiger partial charge is 0.374 e. The number of hydrogen-bond donors (Lipinski definition) is 1. The first-order valence-electron chi connectivity index (χ1n) is 6.27. The van der Waals surface area contributed by atoms with Crippen LogP contribution < -0.4 is 5.73 Å². The summed E-state index contributed by atoms with van der Waals surface area (Å²) >= 11 is 0. The van der Waals surface area contributed by atoms with Gasteiger partial charge >= 0.3 is 0 Å². The topological polar surface area (TPSA) is 72.6 Å². The molecule has 5 nitrogen and oxygen atoms in total. The highest BCUT2D eigenvalue weighted by Gasteiger charge is 2.39. The Kier molecular flexibility index (Phi) is 4.07. The maximum atomic E-state index is 11.8. The van der Waals surface area contributed by atoms with Crippen LogP contribution >= 0.6 is 0 Å². The molecular weight excluding hydrogens is 240 g/mol. The highest BCUT2D eigenvalue weighted by Crippen LogP contribution is 2.30. The third kappa shape index (κ3) is 2.99. The summed E-state index contributed by atoms with van der Waals surface area (Å²) in [6, 6.07) is 0.169. The fourth-order valence-corrected chi connectivity index (χ4v) is 4.48. The van der Waals surface area contributed by atoms with Gasteiger partial charge in [0.2, 0.25) is 0 Å². The maximum absolute atomic E-state index is 11.8. The molecule has 1 heterocycles. The quantitative estimate of drug-likeness (QED) is 0.750. The Morgan fingerprint density at radius 3 is 2.82 bits per heavy atom. The fraction of sp³-hybridized carbons (Fsp3) is 1.00. The van der Waals surface area contributed by atoms with Crippen LogP contribution in [0.5, 0.6) is 0 Å². The van der Waals surface area contributed by atoms with Gasteiger partial charge in [0.1, 0.15) is 0 Å². The van der Waals surface area contributed by atoms with Crippen LogP contribution in [0.1, 0.15) is 19.3 Å². The lowest BCUT2D eigenvalue weighted by Gasteiger charge is -2.38. The Balaban J connectivity index is 2.05. The van der Waals surface area contributed by atoms with Gasteiger partial charge in [0.25, 0.3) is 0 Å². The number of ether oxygens (including phenoxy) is 1. The molecule has 3 unspecified atom stereocenters. The predicted molar refractivity (Wildman–Crippen MR) is 66.6 cm³/mol. The zero-order valence-corrected chi connectivity index (χ0v) is 11.2. The molecule has 0 spiro atoms. The summed E-state index contributed by atoms with van der Waals surface area (Å²) < 4.78 is 29.0. The van der Waals surface area contributed by atoms with Crippen LogP contribution in [0.15, 0.2) is 0 Å². The van der Waals surface area contributed by atoms with Crippen molar-refractivity contribution in [2.75, 3.05) is 32.5 Å². The molecule has 0 amide bonds. The van der Waals surface area contributed by atoms with Crippen LogP contribution in [0, 0.1) is 0 Å². The summed E-state index contributed by atoms with van der Waals surface area (Å²) in [5, 5.41) is -0.195. The maximum Gasteiger partial charge on any atom is 0.151 e.